The summed E-state index contributed by atoms with van der Waals surface area (Å²) in [5.74, 6) is 2.58. The number of nitrogens with one attached hydrogen (secondary N) is 1. The topological polar surface area (TPSA) is 30.5 Å². The maximum Gasteiger partial charge on any atom is 0.127 e. The molecule has 0 aliphatic heterocycles. The molecule has 3 nitrogen and oxygen atoms in total. The van der Waals surface area contributed by atoms with E-state index in [9.17, 15) is 0 Å². The van der Waals surface area contributed by atoms with Crippen LogP contribution in [0, 0.1) is 5.92 Å². The summed E-state index contributed by atoms with van der Waals surface area (Å²) in [5, 5.41) is 3.36. The predicted molar refractivity (Wildman–Crippen MR) is 89.2 cm³/mol. The molecule has 1 aromatic carbocycles. The molecule has 0 fully saturated rings. The molecule has 1 aromatic rings. The summed E-state index contributed by atoms with van der Waals surface area (Å²) in [6, 6.07) is 6.16. The fraction of sp³-hybridized carbons (Fsp3) is 0.667. The van der Waals surface area contributed by atoms with E-state index in [0.29, 0.717) is 0 Å². The molecule has 0 spiro atoms. The van der Waals surface area contributed by atoms with Gasteiger partial charge in [-0.15, -0.1) is 0 Å². The Hall–Kier alpha value is -1.22. The second-order valence-corrected chi connectivity index (χ2v) is 5.78. The van der Waals surface area contributed by atoms with E-state index in [4.69, 9.17) is 9.47 Å². The van der Waals surface area contributed by atoms with Crippen molar-refractivity contribution in [1.29, 1.82) is 0 Å². The monoisotopic (exact) mass is 293 g/mol. The lowest BCUT2D eigenvalue weighted by Crippen LogP contribution is -2.13. The largest absolute Gasteiger partial charge is 0.493 e. The van der Waals surface area contributed by atoms with Gasteiger partial charge in [0.1, 0.15) is 11.5 Å². The Bertz CT molecular complexity index is 391. The zero-order chi connectivity index (χ0) is 15.5. The first-order valence-corrected chi connectivity index (χ1v) is 8.26. The first-order valence-electron chi connectivity index (χ1n) is 8.26. The maximum atomic E-state index is 5.99. The molecule has 21 heavy (non-hydrogen) atoms. The summed E-state index contributed by atoms with van der Waals surface area (Å²) in [6.45, 7) is 12.0. The van der Waals surface area contributed by atoms with Crippen LogP contribution < -0.4 is 14.8 Å². The molecule has 3 heteroatoms. The van der Waals surface area contributed by atoms with Crippen molar-refractivity contribution in [2.75, 3.05) is 19.8 Å². The third kappa shape index (κ3) is 7.37. The minimum atomic E-state index is 0.731. The molecule has 0 heterocycles. The molecule has 120 valence electrons. The molecular weight excluding hydrogens is 262 g/mol. The van der Waals surface area contributed by atoms with E-state index in [2.05, 4.69) is 39.1 Å². The van der Waals surface area contributed by atoms with Crippen molar-refractivity contribution in [3.8, 4) is 11.5 Å². The van der Waals surface area contributed by atoms with Gasteiger partial charge in [-0.2, -0.15) is 0 Å². The highest BCUT2D eigenvalue weighted by Gasteiger charge is 2.06. The van der Waals surface area contributed by atoms with Gasteiger partial charge in [-0.3, -0.25) is 0 Å². The number of hydrogen-bond donors (Lipinski definition) is 1. The predicted octanol–water partition coefficient (Wildman–Crippen LogP) is 4.40. The van der Waals surface area contributed by atoms with Crippen molar-refractivity contribution >= 4 is 0 Å². The highest BCUT2D eigenvalue weighted by molar-refractivity contribution is 5.40. The highest BCUT2D eigenvalue weighted by atomic mass is 16.5. The number of benzene rings is 1. The molecule has 1 rings (SSSR count). The fourth-order valence-electron chi connectivity index (χ4n) is 2.06. The van der Waals surface area contributed by atoms with E-state index in [1.54, 1.807) is 0 Å². The van der Waals surface area contributed by atoms with E-state index in [-0.39, 0.29) is 0 Å². The lowest BCUT2D eigenvalue weighted by Gasteiger charge is -2.14. The first-order chi connectivity index (χ1) is 10.2. The van der Waals surface area contributed by atoms with Crippen molar-refractivity contribution in [2.24, 2.45) is 5.92 Å². The third-order valence-corrected chi connectivity index (χ3v) is 3.26. The normalized spacial score (nSPS) is 10.9. The minimum absolute atomic E-state index is 0.731. The van der Waals surface area contributed by atoms with Gasteiger partial charge < -0.3 is 14.8 Å². The van der Waals surface area contributed by atoms with E-state index >= 15 is 0 Å². The van der Waals surface area contributed by atoms with Gasteiger partial charge in [0.05, 0.1) is 13.2 Å². The van der Waals surface area contributed by atoms with Gasteiger partial charge in [0, 0.05) is 18.2 Å². The van der Waals surface area contributed by atoms with Crippen molar-refractivity contribution in [3.63, 3.8) is 0 Å². The third-order valence-electron chi connectivity index (χ3n) is 3.26. The Morgan fingerprint density at radius 2 is 1.90 bits per heavy atom. The van der Waals surface area contributed by atoms with Gasteiger partial charge in [-0.1, -0.05) is 33.8 Å². The summed E-state index contributed by atoms with van der Waals surface area (Å²) in [6.07, 6.45) is 3.32. The second kappa shape index (κ2) is 10.5. The van der Waals surface area contributed by atoms with Gasteiger partial charge >= 0.3 is 0 Å². The lowest BCUT2D eigenvalue weighted by atomic mass is 10.1. The zero-order valence-electron chi connectivity index (χ0n) is 14.1. The van der Waals surface area contributed by atoms with Crippen molar-refractivity contribution in [2.45, 2.75) is 53.5 Å². The zero-order valence-corrected chi connectivity index (χ0v) is 14.1. The number of rotatable bonds is 11. The molecule has 0 aromatic heterocycles. The molecule has 0 aliphatic carbocycles. The Balaban J connectivity index is 2.64. The van der Waals surface area contributed by atoms with Gasteiger partial charge in [0.2, 0.25) is 0 Å². The summed E-state index contributed by atoms with van der Waals surface area (Å²) in [4.78, 5) is 0. The Morgan fingerprint density at radius 3 is 2.57 bits per heavy atom. The molecular formula is C18H31NO2. The average molecular weight is 293 g/mol. The van der Waals surface area contributed by atoms with Gasteiger partial charge in [-0.05, 0) is 37.8 Å². The molecule has 0 saturated carbocycles. The minimum Gasteiger partial charge on any atom is -0.493 e. The van der Waals surface area contributed by atoms with Crippen LogP contribution in [-0.2, 0) is 6.54 Å². The summed E-state index contributed by atoms with van der Waals surface area (Å²) >= 11 is 0. The smallest absolute Gasteiger partial charge is 0.127 e. The van der Waals surface area contributed by atoms with Crippen LogP contribution >= 0.6 is 0 Å². The fourth-order valence-corrected chi connectivity index (χ4v) is 2.06. The maximum absolute atomic E-state index is 5.99. The first kappa shape index (κ1) is 17.8. The quantitative estimate of drug-likeness (QED) is 0.613. The van der Waals surface area contributed by atoms with Crippen LogP contribution in [0.1, 0.15) is 52.5 Å². The number of ether oxygens (including phenoxy) is 2. The van der Waals surface area contributed by atoms with Gasteiger partial charge in [0.15, 0.2) is 0 Å². The summed E-state index contributed by atoms with van der Waals surface area (Å²) in [7, 11) is 0. The Morgan fingerprint density at radius 1 is 1.10 bits per heavy atom. The lowest BCUT2D eigenvalue weighted by molar-refractivity contribution is 0.287. The molecule has 0 aliphatic rings. The summed E-state index contributed by atoms with van der Waals surface area (Å²) in [5.41, 5.74) is 1.20. The van der Waals surface area contributed by atoms with Gasteiger partial charge in [-0.25, -0.2) is 0 Å². The van der Waals surface area contributed by atoms with E-state index in [0.717, 1.165) is 56.6 Å². The van der Waals surface area contributed by atoms with Crippen LogP contribution in [0.25, 0.3) is 0 Å². The second-order valence-electron chi connectivity index (χ2n) is 5.78. The van der Waals surface area contributed by atoms with E-state index in [1.165, 1.54) is 12.0 Å². The molecule has 0 bridgehead atoms. The molecule has 0 unspecified atom stereocenters. The molecule has 0 atom stereocenters. The molecule has 0 radical (unpaired) electrons. The Labute approximate surface area is 130 Å². The SMILES string of the molecule is CCCOc1ccc(CNCC)c(OCCCC(C)C)c1. The van der Waals surface area contributed by atoms with Crippen LogP contribution in [0.4, 0.5) is 0 Å². The van der Waals surface area contributed by atoms with Crippen molar-refractivity contribution < 1.29 is 9.47 Å². The standard InChI is InChI=1S/C18H31NO2/c1-5-11-20-17-10-9-16(14-19-6-2)18(13-17)21-12-7-8-15(3)4/h9-10,13,15,19H,5-8,11-12,14H2,1-4H3. The number of hydrogen-bond acceptors (Lipinski definition) is 3. The van der Waals surface area contributed by atoms with Gasteiger partial charge in [0.25, 0.3) is 0 Å². The highest BCUT2D eigenvalue weighted by Crippen LogP contribution is 2.25. The van der Waals surface area contributed by atoms with Crippen molar-refractivity contribution in [1.82, 2.24) is 5.32 Å². The molecule has 0 saturated heterocycles. The van der Waals surface area contributed by atoms with Crippen LogP contribution in [-0.4, -0.2) is 19.8 Å². The van der Waals surface area contributed by atoms with Crippen LogP contribution in [0.5, 0.6) is 11.5 Å². The van der Waals surface area contributed by atoms with E-state index < -0.39 is 0 Å². The molecule has 0 amide bonds. The Kier molecular flexibility index (Phi) is 8.91. The van der Waals surface area contributed by atoms with Crippen LogP contribution in [0.3, 0.4) is 0 Å². The van der Waals surface area contributed by atoms with Crippen molar-refractivity contribution in [3.05, 3.63) is 23.8 Å². The van der Waals surface area contributed by atoms with Crippen LogP contribution in [0.15, 0.2) is 18.2 Å². The van der Waals surface area contributed by atoms with E-state index in [1.807, 2.05) is 12.1 Å². The summed E-state index contributed by atoms with van der Waals surface area (Å²) < 4.78 is 11.7. The molecule has 1 N–H and O–H groups in total. The average Bonchev–Trinajstić information content (AvgIpc) is 2.48. The van der Waals surface area contributed by atoms with Crippen LogP contribution in [0.2, 0.25) is 0 Å².